The second kappa shape index (κ2) is 4.99. The number of ketones is 1. The normalized spacial score (nSPS) is 31.8. The third-order valence-corrected chi connectivity index (χ3v) is 3.76. The average molecular weight is 253 g/mol. The quantitative estimate of drug-likeness (QED) is 0.682. The van der Waals surface area contributed by atoms with Crippen LogP contribution in [-0.4, -0.2) is 17.6 Å². The standard InChI is InChI=1S/C12H19ClF2O/c1-12(2,3)10(16)7-4-5-8(11(14)15)9(13)6-7/h7-9,11H,4-6H2,1-3H3. The van der Waals surface area contributed by atoms with Gasteiger partial charge in [-0.15, -0.1) is 11.6 Å². The van der Waals surface area contributed by atoms with Gasteiger partial charge >= 0.3 is 0 Å². The molecule has 0 aliphatic heterocycles. The Kier molecular flexibility index (Phi) is 4.33. The summed E-state index contributed by atoms with van der Waals surface area (Å²) in [6.07, 6.45) is -1.06. The maximum Gasteiger partial charge on any atom is 0.242 e. The maximum atomic E-state index is 12.6. The summed E-state index contributed by atoms with van der Waals surface area (Å²) in [5, 5.41) is -0.565. The van der Waals surface area contributed by atoms with Crippen LogP contribution in [0.3, 0.4) is 0 Å². The molecule has 0 aromatic rings. The Labute approximate surface area is 101 Å². The van der Waals surface area contributed by atoms with Gasteiger partial charge in [0.25, 0.3) is 0 Å². The highest BCUT2D eigenvalue weighted by atomic mass is 35.5. The van der Waals surface area contributed by atoms with Crippen molar-refractivity contribution < 1.29 is 13.6 Å². The van der Waals surface area contributed by atoms with Crippen LogP contribution in [0.2, 0.25) is 0 Å². The van der Waals surface area contributed by atoms with E-state index in [2.05, 4.69) is 0 Å². The van der Waals surface area contributed by atoms with Crippen LogP contribution in [0.15, 0.2) is 0 Å². The van der Waals surface area contributed by atoms with Crippen molar-refractivity contribution in [2.45, 2.75) is 51.8 Å². The molecule has 1 aliphatic rings. The van der Waals surface area contributed by atoms with Crippen molar-refractivity contribution in [2.75, 3.05) is 0 Å². The third kappa shape index (κ3) is 3.16. The van der Waals surface area contributed by atoms with Gasteiger partial charge in [-0.1, -0.05) is 20.8 Å². The number of carbonyl (C=O) groups excluding carboxylic acids is 1. The van der Waals surface area contributed by atoms with Crippen LogP contribution in [-0.2, 0) is 4.79 Å². The van der Waals surface area contributed by atoms with Crippen molar-refractivity contribution in [1.82, 2.24) is 0 Å². The lowest BCUT2D eigenvalue weighted by Crippen LogP contribution is -2.37. The van der Waals surface area contributed by atoms with E-state index >= 15 is 0 Å². The molecule has 0 amide bonds. The van der Waals surface area contributed by atoms with Gasteiger partial charge in [0.05, 0.1) is 0 Å². The molecule has 0 aromatic heterocycles. The van der Waals surface area contributed by atoms with Gasteiger partial charge in [-0.05, 0) is 19.3 Å². The molecule has 1 fully saturated rings. The Hall–Kier alpha value is -0.180. The fourth-order valence-corrected chi connectivity index (χ4v) is 2.72. The molecule has 0 bridgehead atoms. The molecule has 0 N–H and O–H groups in total. The number of carbonyl (C=O) groups is 1. The molecule has 94 valence electrons. The lowest BCUT2D eigenvalue weighted by atomic mass is 9.73. The molecule has 16 heavy (non-hydrogen) atoms. The second-order valence-corrected chi connectivity index (χ2v) is 6.20. The molecule has 0 aromatic carbocycles. The molecule has 1 aliphatic carbocycles. The van der Waals surface area contributed by atoms with E-state index in [4.69, 9.17) is 11.6 Å². The number of halogens is 3. The number of hydrogen-bond donors (Lipinski definition) is 0. The molecule has 0 saturated heterocycles. The van der Waals surface area contributed by atoms with Gasteiger partial charge in [0, 0.05) is 22.6 Å². The zero-order chi connectivity index (χ0) is 12.5. The fourth-order valence-electron chi connectivity index (χ4n) is 2.27. The van der Waals surface area contributed by atoms with Crippen LogP contribution >= 0.6 is 11.6 Å². The Morgan fingerprint density at radius 1 is 1.31 bits per heavy atom. The first-order valence-electron chi connectivity index (χ1n) is 5.70. The molecule has 0 radical (unpaired) electrons. The SMILES string of the molecule is CC(C)(C)C(=O)C1CCC(C(F)F)C(Cl)C1. The smallest absolute Gasteiger partial charge is 0.242 e. The van der Waals surface area contributed by atoms with Crippen molar-refractivity contribution in [3.05, 3.63) is 0 Å². The van der Waals surface area contributed by atoms with Crippen molar-refractivity contribution in [3.63, 3.8) is 0 Å². The van der Waals surface area contributed by atoms with Gasteiger partial charge < -0.3 is 0 Å². The Morgan fingerprint density at radius 2 is 1.88 bits per heavy atom. The minimum absolute atomic E-state index is 0.141. The Balaban J connectivity index is 2.62. The second-order valence-electron chi connectivity index (χ2n) is 5.64. The van der Waals surface area contributed by atoms with Crippen LogP contribution < -0.4 is 0 Å². The van der Waals surface area contributed by atoms with Crippen LogP contribution in [0.5, 0.6) is 0 Å². The van der Waals surface area contributed by atoms with Gasteiger partial charge in [-0.2, -0.15) is 0 Å². The van der Waals surface area contributed by atoms with Gasteiger partial charge in [-0.3, -0.25) is 4.79 Å². The summed E-state index contributed by atoms with van der Waals surface area (Å²) in [6.45, 7) is 5.58. The van der Waals surface area contributed by atoms with Gasteiger partial charge in [-0.25, -0.2) is 8.78 Å². The summed E-state index contributed by atoms with van der Waals surface area (Å²) in [4.78, 5) is 12.0. The highest BCUT2D eigenvalue weighted by molar-refractivity contribution is 6.21. The predicted octanol–water partition coefficient (Wildman–Crippen LogP) is 3.89. The molecule has 1 rings (SSSR count). The van der Waals surface area contributed by atoms with Crippen LogP contribution in [0.25, 0.3) is 0 Å². The average Bonchev–Trinajstić information content (AvgIpc) is 2.14. The summed E-state index contributed by atoms with van der Waals surface area (Å²) < 4.78 is 25.1. The zero-order valence-electron chi connectivity index (χ0n) is 9.97. The van der Waals surface area contributed by atoms with Crippen molar-refractivity contribution >= 4 is 17.4 Å². The van der Waals surface area contributed by atoms with Crippen molar-refractivity contribution in [2.24, 2.45) is 17.3 Å². The first-order valence-corrected chi connectivity index (χ1v) is 6.13. The summed E-state index contributed by atoms with van der Waals surface area (Å²) in [6, 6.07) is 0. The summed E-state index contributed by atoms with van der Waals surface area (Å²) >= 11 is 5.93. The van der Waals surface area contributed by atoms with Gasteiger partial charge in [0.15, 0.2) is 0 Å². The number of hydrogen-bond acceptors (Lipinski definition) is 1. The number of rotatable bonds is 2. The summed E-state index contributed by atoms with van der Waals surface area (Å²) in [5.74, 6) is -0.742. The summed E-state index contributed by atoms with van der Waals surface area (Å²) in [7, 11) is 0. The van der Waals surface area contributed by atoms with E-state index in [0.717, 1.165) is 0 Å². The number of Topliss-reactive ketones (excluding diaryl/α,β-unsaturated/α-hetero) is 1. The minimum Gasteiger partial charge on any atom is -0.299 e. The molecule has 1 nitrogen and oxygen atoms in total. The predicted molar refractivity (Wildman–Crippen MR) is 60.9 cm³/mol. The minimum atomic E-state index is -2.37. The van der Waals surface area contributed by atoms with E-state index in [9.17, 15) is 13.6 Å². The first kappa shape index (κ1) is 13.9. The van der Waals surface area contributed by atoms with Crippen LogP contribution in [0, 0.1) is 17.3 Å². The van der Waals surface area contributed by atoms with E-state index in [1.54, 1.807) is 0 Å². The highest BCUT2D eigenvalue weighted by Gasteiger charge is 2.39. The van der Waals surface area contributed by atoms with E-state index in [-0.39, 0.29) is 11.7 Å². The topological polar surface area (TPSA) is 17.1 Å². The molecule has 3 unspecified atom stereocenters. The monoisotopic (exact) mass is 252 g/mol. The molecule has 1 saturated carbocycles. The molecular weight excluding hydrogens is 234 g/mol. The van der Waals surface area contributed by atoms with E-state index < -0.39 is 23.1 Å². The van der Waals surface area contributed by atoms with Gasteiger partial charge in [0.1, 0.15) is 5.78 Å². The molecular formula is C12H19ClF2O. The molecule has 0 heterocycles. The third-order valence-electron chi connectivity index (χ3n) is 3.26. The number of alkyl halides is 3. The van der Waals surface area contributed by atoms with Crippen molar-refractivity contribution in [3.8, 4) is 0 Å². The van der Waals surface area contributed by atoms with Crippen molar-refractivity contribution in [1.29, 1.82) is 0 Å². The zero-order valence-corrected chi connectivity index (χ0v) is 10.7. The Morgan fingerprint density at radius 3 is 2.25 bits per heavy atom. The van der Waals surface area contributed by atoms with Crippen LogP contribution in [0.1, 0.15) is 40.0 Å². The lowest BCUT2D eigenvalue weighted by Gasteiger charge is -2.34. The molecule has 3 atom stereocenters. The van der Waals surface area contributed by atoms with Crippen LogP contribution in [0.4, 0.5) is 8.78 Å². The largest absolute Gasteiger partial charge is 0.299 e. The van der Waals surface area contributed by atoms with E-state index in [1.807, 2.05) is 20.8 Å². The fraction of sp³-hybridized carbons (Fsp3) is 0.917. The molecule has 4 heteroatoms. The Bertz CT molecular complexity index is 260. The summed E-state index contributed by atoms with van der Waals surface area (Å²) in [5.41, 5.74) is -0.404. The van der Waals surface area contributed by atoms with E-state index in [0.29, 0.717) is 19.3 Å². The van der Waals surface area contributed by atoms with Gasteiger partial charge in [0.2, 0.25) is 6.43 Å². The maximum absolute atomic E-state index is 12.6. The highest BCUT2D eigenvalue weighted by Crippen LogP contribution is 2.39. The lowest BCUT2D eigenvalue weighted by molar-refractivity contribution is -0.132. The first-order chi connectivity index (χ1) is 7.23. The van der Waals surface area contributed by atoms with E-state index in [1.165, 1.54) is 0 Å². The molecule has 0 spiro atoms.